The Bertz CT molecular complexity index is 1900. The van der Waals surface area contributed by atoms with Gasteiger partial charge >= 0.3 is 0 Å². The molecule has 1 aliphatic carbocycles. The number of aromatic nitrogens is 3. The van der Waals surface area contributed by atoms with Gasteiger partial charge in [-0.3, -0.25) is 14.6 Å². The van der Waals surface area contributed by atoms with Crippen LogP contribution in [-0.4, -0.2) is 71.6 Å². The van der Waals surface area contributed by atoms with Crippen LogP contribution in [0.5, 0.6) is 5.75 Å². The van der Waals surface area contributed by atoms with Crippen molar-refractivity contribution in [2.24, 2.45) is 5.73 Å². The zero-order chi connectivity index (χ0) is 30.6. The third-order valence-corrected chi connectivity index (χ3v) is 10.2. The van der Waals surface area contributed by atoms with Crippen molar-refractivity contribution >= 4 is 44.9 Å². The molecule has 13 heteroatoms. The molecule has 2 aliphatic rings. The molecule has 0 spiro atoms. The number of nitrogens with zero attached hydrogens (tertiary/aromatic N) is 4. The monoisotopic (exact) mass is 639 g/mol. The lowest BCUT2D eigenvalue weighted by Crippen LogP contribution is -2.38. The summed E-state index contributed by atoms with van der Waals surface area (Å²) in [6.07, 6.45) is 4.50. The van der Waals surface area contributed by atoms with Crippen molar-refractivity contribution < 1.29 is 22.7 Å². The van der Waals surface area contributed by atoms with E-state index in [2.05, 4.69) is 4.98 Å². The number of nitrogens with two attached hydrogens (primary N) is 1. The number of hydrogen-bond donors (Lipinski definition) is 1. The van der Waals surface area contributed by atoms with E-state index in [9.17, 15) is 18.0 Å². The highest BCUT2D eigenvalue weighted by Gasteiger charge is 2.37. The zero-order valence-electron chi connectivity index (χ0n) is 23.3. The summed E-state index contributed by atoms with van der Waals surface area (Å²) in [4.78, 5) is 31.5. The van der Waals surface area contributed by atoms with Gasteiger partial charge in [-0.15, -0.1) is 0 Å². The van der Waals surface area contributed by atoms with Crippen LogP contribution >= 0.6 is 23.2 Å². The number of amides is 2. The third-order valence-electron chi connectivity index (χ3n) is 8.01. The van der Waals surface area contributed by atoms with Gasteiger partial charge in [0.05, 0.1) is 35.6 Å². The van der Waals surface area contributed by atoms with Gasteiger partial charge < -0.3 is 15.4 Å². The Labute approximate surface area is 258 Å². The average Bonchev–Trinajstić information content (AvgIpc) is 3.55. The Kier molecular flexibility index (Phi) is 7.44. The molecule has 4 aromatic rings. The smallest absolute Gasteiger partial charge is 0.274 e. The van der Waals surface area contributed by atoms with Crippen LogP contribution in [0, 0.1) is 0 Å². The van der Waals surface area contributed by atoms with Crippen molar-refractivity contribution in [2.75, 3.05) is 25.7 Å². The topological polar surface area (TPSA) is 137 Å². The van der Waals surface area contributed by atoms with Crippen LogP contribution in [0.4, 0.5) is 0 Å². The second kappa shape index (κ2) is 11.0. The molecule has 2 N–H and O–H groups in total. The van der Waals surface area contributed by atoms with Gasteiger partial charge in [0, 0.05) is 57.8 Å². The Morgan fingerprint density at radius 2 is 1.79 bits per heavy atom. The predicted octanol–water partition coefficient (Wildman–Crippen LogP) is 4.37. The molecule has 0 bridgehead atoms. The second-order valence-corrected chi connectivity index (χ2v) is 13.8. The maximum absolute atomic E-state index is 13.9. The van der Waals surface area contributed by atoms with E-state index >= 15 is 0 Å². The normalized spacial score (nSPS) is 16.8. The minimum Gasteiger partial charge on any atom is -0.496 e. The number of methoxy groups -OCH3 is 1. The average molecular weight is 641 g/mol. The first-order chi connectivity index (χ1) is 20.5. The van der Waals surface area contributed by atoms with E-state index in [1.54, 1.807) is 49.3 Å². The lowest BCUT2D eigenvalue weighted by atomic mass is 9.86. The number of hydrogen-bond acceptors (Lipinski definition) is 7. The van der Waals surface area contributed by atoms with Crippen LogP contribution in [-0.2, 0) is 22.7 Å². The number of sulfone groups is 1. The maximum Gasteiger partial charge on any atom is 0.274 e. The molecule has 0 saturated carbocycles. The number of carbonyl (C=O) groups excluding carboxylic acids is 2. The Hall–Kier alpha value is -3.93. The minimum atomic E-state index is -3.20. The molecule has 2 aromatic carbocycles. The van der Waals surface area contributed by atoms with Crippen molar-refractivity contribution in [3.05, 3.63) is 81.2 Å². The quantitative estimate of drug-likeness (QED) is 0.330. The molecule has 1 aliphatic heterocycles. The van der Waals surface area contributed by atoms with E-state index < -0.39 is 21.8 Å². The van der Waals surface area contributed by atoms with Crippen molar-refractivity contribution in [3.8, 4) is 33.8 Å². The largest absolute Gasteiger partial charge is 0.496 e. The summed E-state index contributed by atoms with van der Waals surface area (Å²) in [6, 6.07) is 10.1. The van der Waals surface area contributed by atoms with Crippen LogP contribution < -0.4 is 10.5 Å². The number of rotatable bonds is 6. The van der Waals surface area contributed by atoms with Crippen LogP contribution in [0.3, 0.4) is 0 Å². The highest BCUT2D eigenvalue weighted by atomic mass is 35.5. The number of aryl methyl sites for hydroxylation is 1. The van der Waals surface area contributed by atoms with E-state index in [0.717, 1.165) is 16.7 Å². The molecule has 222 valence electrons. The summed E-state index contributed by atoms with van der Waals surface area (Å²) in [7, 11) is -0.0145. The highest BCUT2D eigenvalue weighted by Crippen LogP contribution is 2.43. The molecular weight excluding hydrogens is 613 g/mol. The van der Waals surface area contributed by atoms with Gasteiger partial charge in [-0.05, 0) is 61.2 Å². The fourth-order valence-corrected chi connectivity index (χ4v) is 8.11. The molecule has 1 unspecified atom stereocenters. The van der Waals surface area contributed by atoms with Gasteiger partial charge in [0.2, 0.25) is 5.91 Å². The first kappa shape index (κ1) is 29.2. The number of benzene rings is 2. The van der Waals surface area contributed by atoms with Gasteiger partial charge in [-0.25, -0.2) is 13.1 Å². The molecule has 1 saturated heterocycles. The lowest BCUT2D eigenvalue weighted by molar-refractivity contribution is 0.0740. The van der Waals surface area contributed by atoms with Crippen LogP contribution in [0.15, 0.2) is 48.8 Å². The number of ether oxygens (including phenoxy) is 1. The van der Waals surface area contributed by atoms with Crippen molar-refractivity contribution in [1.29, 1.82) is 0 Å². The number of pyridine rings is 1. The number of carbonyl (C=O) groups is 2. The summed E-state index contributed by atoms with van der Waals surface area (Å²) in [5.74, 6) is -0.410. The van der Waals surface area contributed by atoms with Gasteiger partial charge in [-0.2, -0.15) is 5.10 Å². The summed E-state index contributed by atoms with van der Waals surface area (Å²) >= 11 is 12.8. The molecule has 6 rings (SSSR count). The molecular formula is C30H27Cl2N5O5S. The maximum atomic E-state index is 13.9. The fraction of sp³-hybridized carbons (Fsp3) is 0.267. The standard InChI is InChI=1S/C30H27Cl2N5O5S/c1-36(21-5-6-43(40,41)15-21)30(39)27-23-4-3-16-8-26(42-2)24(17-7-18(29(33)38)14-34-13-17)12-25(16)28(23)37(35-27)22-10-19(31)9-20(32)11-22/h7-14,21H,3-6,15H2,1-2H3,(H2,33,38). The molecule has 0 radical (unpaired) electrons. The van der Waals surface area contributed by atoms with Crippen LogP contribution in [0.25, 0.3) is 28.1 Å². The minimum absolute atomic E-state index is 0.0483. The summed E-state index contributed by atoms with van der Waals surface area (Å²) in [5.41, 5.74) is 11.0. The fourth-order valence-electron chi connectivity index (χ4n) is 5.82. The van der Waals surface area contributed by atoms with Gasteiger partial charge in [-0.1, -0.05) is 23.2 Å². The molecule has 2 aromatic heterocycles. The van der Waals surface area contributed by atoms with Crippen molar-refractivity contribution in [1.82, 2.24) is 19.7 Å². The van der Waals surface area contributed by atoms with E-state index in [1.165, 1.54) is 11.1 Å². The molecule has 43 heavy (non-hydrogen) atoms. The van der Waals surface area contributed by atoms with Crippen molar-refractivity contribution in [2.45, 2.75) is 25.3 Å². The molecule has 1 atom stereocenters. The summed E-state index contributed by atoms with van der Waals surface area (Å²) in [5, 5.41) is 5.60. The van der Waals surface area contributed by atoms with Crippen LogP contribution in [0.2, 0.25) is 10.0 Å². The third kappa shape index (κ3) is 5.37. The van der Waals surface area contributed by atoms with E-state index in [-0.39, 0.29) is 28.7 Å². The predicted molar refractivity (Wildman–Crippen MR) is 164 cm³/mol. The van der Waals surface area contributed by atoms with Gasteiger partial charge in [0.25, 0.3) is 5.91 Å². The first-order valence-electron chi connectivity index (χ1n) is 13.5. The lowest BCUT2D eigenvalue weighted by Gasteiger charge is -2.24. The van der Waals surface area contributed by atoms with E-state index in [4.69, 9.17) is 38.8 Å². The zero-order valence-corrected chi connectivity index (χ0v) is 25.6. The van der Waals surface area contributed by atoms with E-state index in [0.29, 0.717) is 57.6 Å². The molecule has 10 nitrogen and oxygen atoms in total. The number of primary amides is 1. The number of halogens is 2. The molecule has 3 heterocycles. The summed E-state index contributed by atoms with van der Waals surface area (Å²) in [6.45, 7) is 0. The summed E-state index contributed by atoms with van der Waals surface area (Å²) < 4.78 is 31.7. The Morgan fingerprint density at radius 1 is 1.05 bits per heavy atom. The van der Waals surface area contributed by atoms with Gasteiger partial charge in [0.15, 0.2) is 15.5 Å². The van der Waals surface area contributed by atoms with Crippen molar-refractivity contribution in [3.63, 3.8) is 0 Å². The Morgan fingerprint density at radius 3 is 2.44 bits per heavy atom. The highest BCUT2D eigenvalue weighted by molar-refractivity contribution is 7.91. The van der Waals surface area contributed by atoms with E-state index in [1.807, 2.05) is 12.1 Å². The SMILES string of the molecule is COc1cc2c(cc1-c1cncc(C(N)=O)c1)-c1c(c(C(=O)N(C)C3CCS(=O)(=O)C3)nn1-c1cc(Cl)cc(Cl)c1)CC2. The second-order valence-electron chi connectivity index (χ2n) is 10.7. The first-order valence-corrected chi connectivity index (χ1v) is 16.1. The number of fused-ring (bicyclic) bond motifs is 3. The van der Waals surface area contributed by atoms with Gasteiger partial charge in [0.1, 0.15) is 5.75 Å². The van der Waals surface area contributed by atoms with Crippen LogP contribution in [0.1, 0.15) is 38.4 Å². The molecule has 1 fully saturated rings. The Balaban J connectivity index is 1.56. The molecule has 2 amide bonds.